The van der Waals surface area contributed by atoms with Crippen LogP contribution in [0.5, 0.6) is 0 Å². The summed E-state index contributed by atoms with van der Waals surface area (Å²) < 4.78 is 71.9. The molecule has 0 fully saturated rings. The maximum atomic E-state index is 12.3. The van der Waals surface area contributed by atoms with E-state index in [4.69, 9.17) is 9.90 Å². The largest absolute Gasteiger partial charge is 0.490 e. The summed E-state index contributed by atoms with van der Waals surface area (Å²) in [6.07, 6.45) is -2.70. The number of fused-ring (bicyclic) bond motifs is 1. The van der Waals surface area contributed by atoms with E-state index in [1.165, 1.54) is 16.9 Å². The van der Waals surface area contributed by atoms with Crippen molar-refractivity contribution in [2.75, 3.05) is 6.54 Å². The predicted octanol–water partition coefficient (Wildman–Crippen LogP) is 4.11. The van der Waals surface area contributed by atoms with Crippen molar-refractivity contribution in [3.63, 3.8) is 0 Å². The van der Waals surface area contributed by atoms with E-state index in [0.29, 0.717) is 5.82 Å². The number of halogens is 6. The number of aromatic nitrogens is 4. The third kappa shape index (κ3) is 6.59. The molecule has 0 saturated heterocycles. The fraction of sp³-hybridized carbons (Fsp3) is 0.143. The number of nitrogens with zero attached hydrogens (tertiary/aromatic N) is 4. The van der Waals surface area contributed by atoms with Gasteiger partial charge in [-0.05, 0) is 47.5 Å². The number of rotatable bonds is 4. The highest BCUT2D eigenvalue weighted by Gasteiger charge is 2.38. The molecular formula is C21H15F6N5O3. The van der Waals surface area contributed by atoms with E-state index in [1.54, 1.807) is 12.4 Å². The second kappa shape index (κ2) is 9.87. The maximum absolute atomic E-state index is 12.3. The standard InChI is InChI=1S/C19H14F3N5O.C2HF3O2/c20-19(21,22)12-24-18(28)16-7-10-27(25-16)17-4-3-15-2-1-14(11-26(15)17)13-5-8-23-9-6-13;3-2(4,5)1(6)7/h1-11H,12H2,(H,24,28);(H,6,7). The molecule has 8 nitrogen and oxygen atoms in total. The molecule has 4 aromatic heterocycles. The van der Waals surface area contributed by atoms with Crippen LogP contribution in [0.2, 0.25) is 0 Å². The van der Waals surface area contributed by atoms with Crippen molar-refractivity contribution in [2.45, 2.75) is 12.4 Å². The van der Waals surface area contributed by atoms with Crippen molar-refractivity contribution in [1.82, 2.24) is 24.5 Å². The Hall–Kier alpha value is -4.36. The molecule has 0 aliphatic rings. The highest BCUT2D eigenvalue weighted by atomic mass is 19.4. The first-order valence-corrected chi connectivity index (χ1v) is 9.58. The van der Waals surface area contributed by atoms with Gasteiger partial charge in [0.05, 0.1) is 0 Å². The van der Waals surface area contributed by atoms with E-state index in [9.17, 15) is 31.1 Å². The Bertz CT molecular complexity index is 1330. The Morgan fingerprint density at radius 1 is 0.914 bits per heavy atom. The normalized spacial score (nSPS) is 11.6. The Kier molecular flexibility index (Phi) is 7.12. The van der Waals surface area contributed by atoms with E-state index in [1.807, 2.05) is 52.3 Å². The van der Waals surface area contributed by atoms with Gasteiger partial charge in [0, 0.05) is 30.3 Å². The summed E-state index contributed by atoms with van der Waals surface area (Å²) in [5, 5.41) is 13.1. The monoisotopic (exact) mass is 499 g/mol. The van der Waals surface area contributed by atoms with Gasteiger partial charge in [-0.3, -0.25) is 9.78 Å². The number of aliphatic carboxylic acids is 1. The molecule has 0 aromatic carbocycles. The molecule has 0 bridgehead atoms. The topological polar surface area (TPSA) is 102 Å². The summed E-state index contributed by atoms with van der Waals surface area (Å²) >= 11 is 0. The van der Waals surface area contributed by atoms with Crippen molar-refractivity contribution in [3.8, 4) is 16.9 Å². The van der Waals surface area contributed by atoms with Gasteiger partial charge in [0.2, 0.25) is 0 Å². The lowest BCUT2D eigenvalue weighted by atomic mass is 10.1. The van der Waals surface area contributed by atoms with E-state index >= 15 is 0 Å². The van der Waals surface area contributed by atoms with Crippen LogP contribution in [-0.2, 0) is 4.79 Å². The molecule has 4 heterocycles. The summed E-state index contributed by atoms with van der Waals surface area (Å²) in [5.41, 5.74) is 2.77. The van der Waals surface area contributed by atoms with Crippen LogP contribution in [0.3, 0.4) is 0 Å². The van der Waals surface area contributed by atoms with E-state index in [0.717, 1.165) is 16.6 Å². The molecule has 0 spiro atoms. The minimum absolute atomic E-state index is 0.0931. The number of amides is 1. The molecule has 35 heavy (non-hydrogen) atoms. The second-order valence-electron chi connectivity index (χ2n) is 6.89. The lowest BCUT2D eigenvalue weighted by Gasteiger charge is -2.07. The number of pyridine rings is 2. The van der Waals surface area contributed by atoms with Crippen LogP contribution in [0, 0.1) is 0 Å². The Labute approximate surface area is 192 Å². The Balaban J connectivity index is 0.000000429. The highest BCUT2D eigenvalue weighted by Crippen LogP contribution is 2.22. The van der Waals surface area contributed by atoms with Crippen molar-refractivity contribution < 1.29 is 41.0 Å². The molecule has 0 aliphatic heterocycles. The molecule has 4 rings (SSSR count). The molecule has 0 aliphatic carbocycles. The van der Waals surface area contributed by atoms with Crippen molar-refractivity contribution in [3.05, 3.63) is 72.9 Å². The van der Waals surface area contributed by atoms with Crippen LogP contribution in [0.25, 0.3) is 22.5 Å². The van der Waals surface area contributed by atoms with Crippen molar-refractivity contribution in [1.29, 1.82) is 0 Å². The molecule has 0 atom stereocenters. The first-order chi connectivity index (χ1) is 16.3. The molecule has 1 amide bonds. The highest BCUT2D eigenvalue weighted by molar-refractivity contribution is 5.92. The van der Waals surface area contributed by atoms with E-state index in [-0.39, 0.29) is 5.69 Å². The predicted molar refractivity (Wildman–Crippen MR) is 110 cm³/mol. The Morgan fingerprint density at radius 3 is 2.14 bits per heavy atom. The van der Waals surface area contributed by atoms with Gasteiger partial charge >= 0.3 is 18.3 Å². The van der Waals surface area contributed by atoms with Crippen molar-refractivity contribution in [2.24, 2.45) is 0 Å². The van der Waals surface area contributed by atoms with Crippen molar-refractivity contribution >= 4 is 17.4 Å². The number of carboxylic acids is 1. The lowest BCUT2D eigenvalue weighted by molar-refractivity contribution is -0.192. The van der Waals surface area contributed by atoms with Gasteiger partial charge in [0.15, 0.2) is 5.69 Å². The quantitative estimate of drug-likeness (QED) is 0.412. The molecule has 0 saturated carbocycles. The van der Waals surface area contributed by atoms with Gasteiger partial charge in [-0.2, -0.15) is 31.4 Å². The molecule has 184 valence electrons. The lowest BCUT2D eigenvalue weighted by Crippen LogP contribution is -2.34. The average Bonchev–Trinajstić information content (AvgIpc) is 3.44. The summed E-state index contributed by atoms with van der Waals surface area (Å²) in [5.74, 6) is -2.98. The van der Waals surface area contributed by atoms with Crippen LogP contribution in [0.15, 0.2) is 67.3 Å². The van der Waals surface area contributed by atoms with Gasteiger partial charge in [0.1, 0.15) is 12.4 Å². The molecule has 0 unspecified atom stereocenters. The molecular weight excluding hydrogens is 484 g/mol. The summed E-state index contributed by atoms with van der Waals surface area (Å²) in [6, 6.07) is 12.8. The fourth-order valence-corrected chi connectivity index (χ4v) is 2.83. The molecule has 2 N–H and O–H groups in total. The van der Waals surface area contributed by atoms with Crippen LogP contribution < -0.4 is 5.32 Å². The SMILES string of the molecule is O=C(NCC(F)(F)F)c1ccn(-c2ccc3ccc(-c4ccncc4)cn23)n1.O=C(O)C(F)(F)F. The molecule has 0 radical (unpaired) electrons. The summed E-state index contributed by atoms with van der Waals surface area (Å²) in [7, 11) is 0. The van der Waals surface area contributed by atoms with Crippen LogP contribution in [0.1, 0.15) is 10.5 Å². The zero-order chi connectivity index (χ0) is 25.8. The number of alkyl halides is 6. The first-order valence-electron chi connectivity index (χ1n) is 9.58. The molecule has 14 heteroatoms. The van der Waals surface area contributed by atoms with E-state index in [2.05, 4.69) is 10.1 Å². The molecule has 4 aromatic rings. The number of carbonyl (C=O) groups excluding carboxylic acids is 1. The number of nitrogens with one attached hydrogen (secondary N) is 1. The number of hydrogen-bond donors (Lipinski definition) is 2. The zero-order valence-electron chi connectivity index (χ0n) is 17.4. The fourth-order valence-electron chi connectivity index (χ4n) is 2.83. The summed E-state index contributed by atoms with van der Waals surface area (Å²) in [4.78, 5) is 24.8. The van der Waals surface area contributed by atoms with Gasteiger partial charge in [0.25, 0.3) is 5.91 Å². The Morgan fingerprint density at radius 2 is 1.54 bits per heavy atom. The maximum Gasteiger partial charge on any atom is 0.490 e. The minimum Gasteiger partial charge on any atom is -0.475 e. The smallest absolute Gasteiger partial charge is 0.475 e. The van der Waals surface area contributed by atoms with Gasteiger partial charge in [-0.25, -0.2) is 9.48 Å². The van der Waals surface area contributed by atoms with Crippen LogP contribution in [0.4, 0.5) is 26.3 Å². The van der Waals surface area contributed by atoms with Crippen LogP contribution >= 0.6 is 0 Å². The minimum atomic E-state index is -5.08. The number of hydrogen-bond acceptors (Lipinski definition) is 4. The number of carboxylic acid groups (broad SMARTS) is 1. The third-order valence-corrected chi connectivity index (χ3v) is 4.39. The third-order valence-electron chi connectivity index (χ3n) is 4.39. The zero-order valence-corrected chi connectivity index (χ0v) is 17.4. The average molecular weight is 499 g/mol. The van der Waals surface area contributed by atoms with Crippen LogP contribution in [-0.4, -0.2) is 55.0 Å². The van der Waals surface area contributed by atoms with E-state index < -0.39 is 30.8 Å². The summed E-state index contributed by atoms with van der Waals surface area (Å²) in [6.45, 7) is -1.40. The van der Waals surface area contributed by atoms with Gasteiger partial charge < -0.3 is 14.8 Å². The van der Waals surface area contributed by atoms with Gasteiger partial charge in [-0.15, -0.1) is 0 Å². The van der Waals surface area contributed by atoms with Gasteiger partial charge in [-0.1, -0.05) is 6.07 Å². The number of carbonyl (C=O) groups is 2. The first kappa shape index (κ1) is 25.3. The second-order valence-corrected chi connectivity index (χ2v) is 6.89.